The summed E-state index contributed by atoms with van der Waals surface area (Å²) in [6, 6.07) is 2.74. The molecule has 1 aromatic heterocycles. The summed E-state index contributed by atoms with van der Waals surface area (Å²) in [5.74, 6) is -0.480. The maximum Gasteiger partial charge on any atom is 0.294 e. The molecule has 0 radical (unpaired) electrons. The molecule has 0 bridgehead atoms. The first-order valence-electron chi connectivity index (χ1n) is 4.06. The van der Waals surface area contributed by atoms with Crippen molar-refractivity contribution in [1.29, 1.82) is 0 Å². The normalized spacial score (nSPS) is 10.6. The number of nitro benzene ring substituents is 1. The monoisotopic (exact) mass is 285 g/mol. The Morgan fingerprint density at radius 1 is 1.50 bits per heavy atom. The van der Waals surface area contributed by atoms with Gasteiger partial charge in [0.25, 0.3) is 5.69 Å². The third-order valence-electron chi connectivity index (χ3n) is 2.09. The number of aromatic amines is 1. The number of benzene rings is 1. The zero-order valence-corrected chi connectivity index (χ0v) is 9.19. The van der Waals surface area contributed by atoms with Gasteiger partial charge in [0.05, 0.1) is 4.92 Å². The van der Waals surface area contributed by atoms with Crippen molar-refractivity contribution in [2.75, 3.05) is 0 Å². The van der Waals surface area contributed by atoms with Crippen molar-refractivity contribution < 1.29 is 10.0 Å². The Morgan fingerprint density at radius 3 is 2.75 bits per heavy atom. The number of non-ortho nitro benzene ring substituents is 1. The van der Waals surface area contributed by atoms with Crippen molar-refractivity contribution in [2.24, 2.45) is 5.18 Å². The molecule has 8 heteroatoms. The molecule has 7 nitrogen and oxygen atoms in total. The highest BCUT2D eigenvalue weighted by Crippen LogP contribution is 2.40. The summed E-state index contributed by atoms with van der Waals surface area (Å²) >= 11 is 3.08. The minimum atomic E-state index is -0.613. The van der Waals surface area contributed by atoms with Crippen LogP contribution in [0.25, 0.3) is 10.9 Å². The second kappa shape index (κ2) is 3.56. The highest BCUT2D eigenvalue weighted by Gasteiger charge is 2.21. The van der Waals surface area contributed by atoms with Gasteiger partial charge in [0.1, 0.15) is 5.52 Å². The van der Waals surface area contributed by atoms with E-state index in [1.807, 2.05) is 0 Å². The van der Waals surface area contributed by atoms with E-state index in [1.54, 1.807) is 0 Å². The number of fused-ring (bicyclic) bond motifs is 1. The van der Waals surface area contributed by atoms with Gasteiger partial charge in [-0.25, -0.2) is 0 Å². The first-order chi connectivity index (χ1) is 7.54. The number of hydrogen-bond donors (Lipinski definition) is 2. The molecule has 2 N–H and O–H groups in total. The highest BCUT2D eigenvalue weighted by atomic mass is 79.9. The molecule has 0 unspecified atom stereocenters. The standard InChI is InChI=1S/C8H4BrN3O4/c9-3-1-4-6(5(2-3)12(15)16)10-8(13)7(4)11-14/h1-2,10,13H. The lowest BCUT2D eigenvalue weighted by Crippen LogP contribution is -1.89. The fraction of sp³-hybridized carbons (Fsp3) is 0. The van der Waals surface area contributed by atoms with Gasteiger partial charge < -0.3 is 10.1 Å². The van der Waals surface area contributed by atoms with Gasteiger partial charge in [-0.2, -0.15) is 0 Å². The molecule has 1 aromatic carbocycles. The predicted octanol–water partition coefficient (Wildman–Crippen LogP) is 2.94. The van der Waals surface area contributed by atoms with Crippen LogP contribution in [-0.4, -0.2) is 15.0 Å². The number of halogens is 1. The SMILES string of the molecule is O=Nc1c(O)[nH]c2c([N+](=O)[O-])cc(Br)cc12. The molecule has 0 fully saturated rings. The molecule has 16 heavy (non-hydrogen) atoms. The van der Waals surface area contributed by atoms with Crippen molar-refractivity contribution in [1.82, 2.24) is 4.98 Å². The Morgan fingerprint density at radius 2 is 2.19 bits per heavy atom. The number of nitrogens with zero attached hydrogens (tertiary/aromatic N) is 2. The summed E-state index contributed by atoms with van der Waals surface area (Å²) in [7, 11) is 0. The minimum absolute atomic E-state index is 0.0697. The maximum atomic E-state index is 10.8. The summed E-state index contributed by atoms with van der Waals surface area (Å²) in [5, 5.41) is 22.9. The van der Waals surface area contributed by atoms with Gasteiger partial charge in [0.2, 0.25) is 5.88 Å². The molecule has 0 saturated heterocycles. The maximum absolute atomic E-state index is 10.8. The quantitative estimate of drug-likeness (QED) is 0.502. The number of nitro groups is 1. The summed E-state index contributed by atoms with van der Waals surface area (Å²) in [6.45, 7) is 0. The second-order valence-corrected chi connectivity index (χ2v) is 3.93. The van der Waals surface area contributed by atoms with E-state index in [9.17, 15) is 20.1 Å². The molecule has 0 aliphatic rings. The number of aromatic hydroxyl groups is 1. The molecule has 2 aromatic rings. The molecule has 2 rings (SSSR count). The van der Waals surface area contributed by atoms with E-state index in [1.165, 1.54) is 12.1 Å². The van der Waals surface area contributed by atoms with Crippen LogP contribution < -0.4 is 0 Å². The van der Waals surface area contributed by atoms with E-state index in [0.29, 0.717) is 4.47 Å². The van der Waals surface area contributed by atoms with E-state index in [-0.39, 0.29) is 22.3 Å². The van der Waals surface area contributed by atoms with E-state index >= 15 is 0 Å². The summed E-state index contributed by atoms with van der Waals surface area (Å²) in [6.07, 6.45) is 0. The van der Waals surface area contributed by atoms with Gasteiger partial charge in [-0.1, -0.05) is 15.9 Å². The highest BCUT2D eigenvalue weighted by molar-refractivity contribution is 9.10. The molecule has 82 valence electrons. The van der Waals surface area contributed by atoms with E-state index in [0.717, 1.165) is 0 Å². The lowest BCUT2D eigenvalue weighted by atomic mass is 10.2. The lowest BCUT2D eigenvalue weighted by molar-refractivity contribution is -0.383. The van der Waals surface area contributed by atoms with Gasteiger partial charge in [-0.3, -0.25) is 10.1 Å². The lowest BCUT2D eigenvalue weighted by Gasteiger charge is -1.95. The fourth-order valence-electron chi connectivity index (χ4n) is 1.45. The van der Waals surface area contributed by atoms with Crippen molar-refractivity contribution in [3.63, 3.8) is 0 Å². The van der Waals surface area contributed by atoms with Crippen LogP contribution in [0.4, 0.5) is 11.4 Å². The average molecular weight is 286 g/mol. The smallest absolute Gasteiger partial charge is 0.294 e. The van der Waals surface area contributed by atoms with Gasteiger partial charge in [-0.15, -0.1) is 4.91 Å². The third kappa shape index (κ3) is 1.43. The molecule has 0 saturated carbocycles. The van der Waals surface area contributed by atoms with E-state index in [4.69, 9.17) is 0 Å². The number of H-pyrrole nitrogens is 1. The number of nitroso groups, excluding NO2 is 1. The summed E-state index contributed by atoms with van der Waals surface area (Å²) in [4.78, 5) is 23.0. The summed E-state index contributed by atoms with van der Waals surface area (Å²) in [5.41, 5.74) is -0.408. The Kier molecular flexibility index (Phi) is 2.35. The minimum Gasteiger partial charge on any atom is -0.493 e. The van der Waals surface area contributed by atoms with Crippen molar-refractivity contribution >= 4 is 38.2 Å². The fourth-order valence-corrected chi connectivity index (χ4v) is 1.90. The van der Waals surface area contributed by atoms with Crippen LogP contribution in [0.5, 0.6) is 5.88 Å². The molecule has 0 spiro atoms. The summed E-state index contributed by atoms with van der Waals surface area (Å²) < 4.78 is 0.426. The van der Waals surface area contributed by atoms with Crippen LogP contribution in [0.3, 0.4) is 0 Å². The van der Waals surface area contributed by atoms with Gasteiger partial charge >= 0.3 is 0 Å². The van der Waals surface area contributed by atoms with Crippen molar-refractivity contribution in [2.45, 2.75) is 0 Å². The second-order valence-electron chi connectivity index (χ2n) is 3.02. The van der Waals surface area contributed by atoms with E-state index in [2.05, 4.69) is 26.1 Å². The molecular formula is C8H4BrN3O4. The first-order valence-corrected chi connectivity index (χ1v) is 4.86. The van der Waals surface area contributed by atoms with Crippen LogP contribution in [-0.2, 0) is 0 Å². The zero-order chi connectivity index (χ0) is 11.9. The van der Waals surface area contributed by atoms with Gasteiger partial charge in [-0.05, 0) is 11.2 Å². The molecule has 1 heterocycles. The Balaban J connectivity index is 2.94. The molecule has 0 aliphatic heterocycles. The largest absolute Gasteiger partial charge is 0.493 e. The predicted molar refractivity (Wildman–Crippen MR) is 59.8 cm³/mol. The van der Waals surface area contributed by atoms with Crippen LogP contribution in [0.2, 0.25) is 0 Å². The Hall–Kier alpha value is -1.96. The number of aromatic nitrogens is 1. The zero-order valence-electron chi connectivity index (χ0n) is 7.60. The van der Waals surface area contributed by atoms with Crippen LogP contribution >= 0.6 is 15.9 Å². The van der Waals surface area contributed by atoms with E-state index < -0.39 is 10.8 Å². The molecule has 0 atom stereocenters. The Labute approximate surface area is 96.3 Å². The topological polar surface area (TPSA) is 109 Å². The number of nitrogens with one attached hydrogen (secondary N) is 1. The molecular weight excluding hydrogens is 282 g/mol. The van der Waals surface area contributed by atoms with Gasteiger partial charge in [0, 0.05) is 15.9 Å². The number of rotatable bonds is 2. The average Bonchev–Trinajstić information content (AvgIpc) is 2.52. The van der Waals surface area contributed by atoms with Crippen molar-refractivity contribution in [3.8, 4) is 5.88 Å². The first kappa shape index (κ1) is 10.6. The molecule has 0 amide bonds. The molecule has 0 aliphatic carbocycles. The van der Waals surface area contributed by atoms with Crippen molar-refractivity contribution in [3.05, 3.63) is 31.6 Å². The van der Waals surface area contributed by atoms with Crippen LogP contribution in [0.1, 0.15) is 0 Å². The number of hydrogen-bond acceptors (Lipinski definition) is 5. The third-order valence-corrected chi connectivity index (χ3v) is 2.55. The Bertz CT molecular complexity index is 607. The van der Waals surface area contributed by atoms with Crippen LogP contribution in [0.15, 0.2) is 21.8 Å². The van der Waals surface area contributed by atoms with Gasteiger partial charge in [0.15, 0.2) is 5.69 Å². The van der Waals surface area contributed by atoms with Crippen LogP contribution in [0, 0.1) is 15.0 Å².